The number of hydrogen-bond acceptors (Lipinski definition) is 1. The normalized spacial score (nSPS) is 12.1. The molecule has 0 rings (SSSR count). The number of amidine groups is 1. The van der Waals surface area contributed by atoms with Crippen molar-refractivity contribution >= 4 is 12.2 Å². The molecule has 0 bridgehead atoms. The molecule has 0 amide bonds. The molecule has 0 fully saturated rings. The summed E-state index contributed by atoms with van der Waals surface area (Å²) in [5.41, 5.74) is 0. The van der Waals surface area contributed by atoms with E-state index in [1.54, 1.807) is 13.1 Å². The molecule has 3 nitrogen and oxygen atoms in total. The fraction of sp³-hybridized carbons (Fsp3) is 0.429. The third kappa shape index (κ3) is 3.02. The van der Waals surface area contributed by atoms with Gasteiger partial charge in [-0.1, -0.05) is 6.58 Å². The quantitative estimate of drug-likeness (QED) is 0.410. The predicted molar refractivity (Wildman–Crippen MR) is 45.7 cm³/mol. The largest absolute Gasteiger partial charge is 0.363 e. The zero-order valence-corrected chi connectivity index (χ0v) is 6.70. The molecule has 0 aromatic rings. The SMILES string of the molecule is C=C/C(=N\C=N/C)N(C)C. The Labute approximate surface area is 61.8 Å². The van der Waals surface area contributed by atoms with Crippen molar-refractivity contribution in [3.63, 3.8) is 0 Å². The highest BCUT2D eigenvalue weighted by Crippen LogP contribution is 1.82. The van der Waals surface area contributed by atoms with Crippen LogP contribution in [0.4, 0.5) is 0 Å². The van der Waals surface area contributed by atoms with Gasteiger partial charge < -0.3 is 4.90 Å². The van der Waals surface area contributed by atoms with E-state index in [4.69, 9.17) is 0 Å². The summed E-state index contributed by atoms with van der Waals surface area (Å²) in [6.07, 6.45) is 3.18. The van der Waals surface area contributed by atoms with Crippen LogP contribution in [0.25, 0.3) is 0 Å². The van der Waals surface area contributed by atoms with Crippen molar-refractivity contribution in [1.29, 1.82) is 0 Å². The maximum Gasteiger partial charge on any atom is 0.129 e. The van der Waals surface area contributed by atoms with Crippen LogP contribution < -0.4 is 0 Å². The lowest BCUT2D eigenvalue weighted by Gasteiger charge is -2.09. The van der Waals surface area contributed by atoms with E-state index in [0.29, 0.717) is 0 Å². The van der Waals surface area contributed by atoms with Gasteiger partial charge in [-0.3, -0.25) is 4.99 Å². The van der Waals surface area contributed by atoms with Crippen LogP contribution in [0.2, 0.25) is 0 Å². The Hall–Kier alpha value is -1.12. The molecule has 0 spiro atoms. The predicted octanol–water partition coefficient (Wildman–Crippen LogP) is 0.791. The van der Waals surface area contributed by atoms with E-state index in [9.17, 15) is 0 Å². The van der Waals surface area contributed by atoms with Crippen molar-refractivity contribution in [3.05, 3.63) is 12.7 Å². The van der Waals surface area contributed by atoms with E-state index >= 15 is 0 Å². The highest BCUT2D eigenvalue weighted by Gasteiger charge is 1.90. The zero-order valence-electron chi connectivity index (χ0n) is 6.70. The van der Waals surface area contributed by atoms with Crippen LogP contribution in [0.3, 0.4) is 0 Å². The molecule has 0 aliphatic rings. The van der Waals surface area contributed by atoms with Crippen molar-refractivity contribution in [2.45, 2.75) is 0 Å². The second-order valence-electron chi connectivity index (χ2n) is 1.96. The summed E-state index contributed by atoms with van der Waals surface area (Å²) in [6, 6.07) is 0. The summed E-state index contributed by atoms with van der Waals surface area (Å²) in [4.78, 5) is 9.58. The molecule has 0 aliphatic heterocycles. The van der Waals surface area contributed by atoms with E-state index in [1.165, 1.54) is 6.34 Å². The molecule has 0 aliphatic carbocycles. The first kappa shape index (κ1) is 8.88. The van der Waals surface area contributed by atoms with Gasteiger partial charge in [0.25, 0.3) is 0 Å². The van der Waals surface area contributed by atoms with Gasteiger partial charge in [0.05, 0.1) is 0 Å². The molecular weight excluding hydrogens is 126 g/mol. The van der Waals surface area contributed by atoms with Gasteiger partial charge in [0.15, 0.2) is 0 Å². The number of nitrogens with zero attached hydrogens (tertiary/aromatic N) is 3. The summed E-state index contributed by atoms with van der Waals surface area (Å²) in [5, 5.41) is 0. The van der Waals surface area contributed by atoms with Crippen molar-refractivity contribution in [1.82, 2.24) is 4.90 Å². The molecule has 3 heteroatoms. The molecular formula is C7H13N3. The highest BCUT2D eigenvalue weighted by molar-refractivity contribution is 5.96. The maximum atomic E-state index is 3.99. The Morgan fingerprint density at radius 3 is 2.40 bits per heavy atom. The van der Waals surface area contributed by atoms with Crippen LogP contribution in [0.5, 0.6) is 0 Å². The lowest BCUT2D eigenvalue weighted by molar-refractivity contribution is 0.628. The first-order valence-corrected chi connectivity index (χ1v) is 3.00. The third-order valence-corrected chi connectivity index (χ3v) is 0.946. The number of likely N-dealkylation sites (N-methyl/N-ethyl adjacent to an activating group) is 1. The van der Waals surface area contributed by atoms with Crippen LogP contribution in [-0.2, 0) is 0 Å². The smallest absolute Gasteiger partial charge is 0.129 e. The van der Waals surface area contributed by atoms with Crippen LogP contribution >= 0.6 is 0 Å². The molecule has 10 heavy (non-hydrogen) atoms. The van der Waals surface area contributed by atoms with Gasteiger partial charge in [-0.25, -0.2) is 4.99 Å². The lowest BCUT2D eigenvalue weighted by atomic mass is 10.5. The second-order valence-corrected chi connectivity index (χ2v) is 1.96. The molecule has 0 aromatic carbocycles. The topological polar surface area (TPSA) is 28.0 Å². The number of rotatable bonds is 2. The first-order chi connectivity index (χ1) is 4.72. The van der Waals surface area contributed by atoms with E-state index < -0.39 is 0 Å². The van der Waals surface area contributed by atoms with Crippen molar-refractivity contribution in [3.8, 4) is 0 Å². The molecule has 0 N–H and O–H groups in total. The second kappa shape index (κ2) is 4.73. The minimum absolute atomic E-state index is 0.811. The summed E-state index contributed by atoms with van der Waals surface area (Å²) >= 11 is 0. The van der Waals surface area contributed by atoms with Crippen molar-refractivity contribution < 1.29 is 0 Å². The minimum Gasteiger partial charge on any atom is -0.363 e. The van der Waals surface area contributed by atoms with Gasteiger partial charge in [0, 0.05) is 21.1 Å². The molecule has 0 saturated carbocycles. The van der Waals surface area contributed by atoms with Gasteiger partial charge in [0.2, 0.25) is 0 Å². The Bertz CT molecular complexity index is 156. The van der Waals surface area contributed by atoms with E-state index in [2.05, 4.69) is 16.6 Å². The van der Waals surface area contributed by atoms with Gasteiger partial charge >= 0.3 is 0 Å². The zero-order chi connectivity index (χ0) is 7.98. The van der Waals surface area contributed by atoms with E-state index in [1.807, 2.05) is 19.0 Å². The molecule has 0 unspecified atom stereocenters. The van der Waals surface area contributed by atoms with Gasteiger partial charge in [-0.15, -0.1) is 0 Å². The van der Waals surface area contributed by atoms with Gasteiger partial charge in [-0.2, -0.15) is 0 Å². The Balaban J connectivity index is 4.18. The Morgan fingerprint density at radius 1 is 1.50 bits per heavy atom. The van der Waals surface area contributed by atoms with Gasteiger partial charge in [0.1, 0.15) is 12.2 Å². The molecule has 0 atom stereocenters. The number of aliphatic imine (C=N–C) groups is 2. The van der Waals surface area contributed by atoms with E-state index in [0.717, 1.165) is 5.84 Å². The summed E-state index contributed by atoms with van der Waals surface area (Å²) in [5.74, 6) is 0.811. The van der Waals surface area contributed by atoms with Crippen molar-refractivity contribution in [2.75, 3.05) is 21.1 Å². The average Bonchev–Trinajstić information content (AvgIpc) is 1.89. The van der Waals surface area contributed by atoms with Crippen molar-refractivity contribution in [2.24, 2.45) is 9.98 Å². The van der Waals surface area contributed by atoms with Crippen LogP contribution in [0, 0.1) is 0 Å². The third-order valence-electron chi connectivity index (χ3n) is 0.946. The average molecular weight is 139 g/mol. The number of hydrogen-bond donors (Lipinski definition) is 0. The minimum atomic E-state index is 0.811. The lowest BCUT2D eigenvalue weighted by Crippen LogP contribution is -2.19. The highest BCUT2D eigenvalue weighted by atomic mass is 15.1. The molecule has 56 valence electrons. The standard InChI is InChI=1S/C7H13N3/c1-5-7(10(3)4)9-6-8-2/h5-6H,1H2,2-4H3/b8-6-,9-7+. The Morgan fingerprint density at radius 2 is 2.10 bits per heavy atom. The fourth-order valence-corrected chi connectivity index (χ4v) is 0.468. The summed E-state index contributed by atoms with van der Waals surface area (Å²) in [7, 11) is 5.49. The van der Waals surface area contributed by atoms with Gasteiger partial charge in [-0.05, 0) is 6.08 Å². The molecule has 0 aromatic heterocycles. The van der Waals surface area contributed by atoms with Crippen LogP contribution in [-0.4, -0.2) is 38.2 Å². The molecule has 0 radical (unpaired) electrons. The van der Waals surface area contributed by atoms with Crippen LogP contribution in [0.1, 0.15) is 0 Å². The summed E-state index contributed by atoms with van der Waals surface area (Å²) in [6.45, 7) is 3.60. The molecule has 0 saturated heterocycles. The first-order valence-electron chi connectivity index (χ1n) is 3.00. The Kier molecular flexibility index (Phi) is 4.20. The van der Waals surface area contributed by atoms with Crippen LogP contribution in [0.15, 0.2) is 22.6 Å². The molecule has 0 heterocycles. The fourth-order valence-electron chi connectivity index (χ4n) is 0.468. The summed E-state index contributed by atoms with van der Waals surface area (Å²) < 4.78 is 0. The monoisotopic (exact) mass is 139 g/mol. The maximum absolute atomic E-state index is 3.99. The van der Waals surface area contributed by atoms with E-state index in [-0.39, 0.29) is 0 Å².